The van der Waals surface area contributed by atoms with Crippen LogP contribution in [-0.2, 0) is 16.1 Å². The number of fused-ring (bicyclic) bond motifs is 2. The third-order valence-corrected chi connectivity index (χ3v) is 10.1. The van der Waals surface area contributed by atoms with Crippen LogP contribution in [0.1, 0.15) is 35.2 Å². The molecule has 50 heavy (non-hydrogen) atoms. The summed E-state index contributed by atoms with van der Waals surface area (Å²) in [5.74, 6) is 0.417. The smallest absolute Gasteiger partial charge is 0.338 e. The number of hydrogen-bond acceptors (Lipinski definition) is 7. The van der Waals surface area contributed by atoms with E-state index >= 15 is 0 Å². The Hall–Kier alpha value is -5.09. The van der Waals surface area contributed by atoms with E-state index in [0.29, 0.717) is 48.7 Å². The zero-order valence-electron chi connectivity index (χ0n) is 27.4. The van der Waals surface area contributed by atoms with Gasteiger partial charge in [0.05, 0.1) is 42.7 Å². The summed E-state index contributed by atoms with van der Waals surface area (Å²) < 4.78 is 20.9. The van der Waals surface area contributed by atoms with Crippen molar-refractivity contribution in [3.63, 3.8) is 0 Å². The number of rotatable bonds is 9. The number of ether oxygens (including phenoxy) is 3. The maximum Gasteiger partial charge on any atom is 0.338 e. The Labute approximate surface area is 301 Å². The molecule has 7 rings (SSSR count). The lowest BCUT2D eigenvalue weighted by molar-refractivity contribution is -0.138. The second-order valence-corrected chi connectivity index (χ2v) is 13.4. The van der Waals surface area contributed by atoms with Gasteiger partial charge >= 0.3 is 5.97 Å². The van der Waals surface area contributed by atoms with Crippen molar-refractivity contribution in [3.8, 4) is 11.5 Å². The van der Waals surface area contributed by atoms with Crippen molar-refractivity contribution in [2.75, 3.05) is 20.8 Å². The molecule has 1 aliphatic rings. The summed E-state index contributed by atoms with van der Waals surface area (Å²) in [5, 5.41) is 2.11. The highest BCUT2D eigenvalue weighted by molar-refractivity contribution is 7.07. The molecule has 0 saturated heterocycles. The molecule has 0 aliphatic carbocycles. The summed E-state index contributed by atoms with van der Waals surface area (Å²) >= 11 is 14.0. The zero-order chi connectivity index (χ0) is 34.9. The Morgan fingerprint density at radius 1 is 0.940 bits per heavy atom. The van der Waals surface area contributed by atoms with Gasteiger partial charge in [0, 0.05) is 44.8 Å². The molecule has 0 spiro atoms. The molecule has 0 radical (unpaired) electrons. The molecule has 0 bridgehead atoms. The highest BCUT2D eigenvalue weighted by Crippen LogP contribution is 2.38. The summed E-state index contributed by atoms with van der Waals surface area (Å²) in [6, 6.07) is 27.4. The third kappa shape index (κ3) is 6.13. The lowest BCUT2D eigenvalue weighted by Crippen LogP contribution is -2.40. The van der Waals surface area contributed by atoms with Crippen LogP contribution in [0.5, 0.6) is 11.5 Å². The van der Waals surface area contributed by atoms with Crippen LogP contribution in [0.15, 0.2) is 113 Å². The minimum atomic E-state index is -0.865. The zero-order valence-corrected chi connectivity index (χ0v) is 29.7. The van der Waals surface area contributed by atoms with Gasteiger partial charge in [0.1, 0.15) is 0 Å². The van der Waals surface area contributed by atoms with E-state index < -0.39 is 12.0 Å². The first-order valence-electron chi connectivity index (χ1n) is 15.8. The van der Waals surface area contributed by atoms with Crippen molar-refractivity contribution in [3.05, 3.63) is 155 Å². The molecule has 4 aromatic carbocycles. The van der Waals surface area contributed by atoms with Crippen molar-refractivity contribution in [1.29, 1.82) is 0 Å². The predicted octanol–water partition coefficient (Wildman–Crippen LogP) is 7.26. The van der Waals surface area contributed by atoms with E-state index in [4.69, 9.17) is 42.4 Å². The first-order chi connectivity index (χ1) is 24.3. The van der Waals surface area contributed by atoms with Crippen molar-refractivity contribution in [2.45, 2.75) is 19.5 Å². The molecule has 0 amide bonds. The van der Waals surface area contributed by atoms with Crippen molar-refractivity contribution in [2.24, 2.45) is 4.99 Å². The fourth-order valence-electron chi connectivity index (χ4n) is 6.27. The summed E-state index contributed by atoms with van der Waals surface area (Å²) in [6.07, 6.45) is 3.90. The molecule has 1 aliphatic heterocycles. The topological polar surface area (TPSA) is 84.1 Å². The van der Waals surface area contributed by atoms with Crippen molar-refractivity contribution >= 4 is 63.2 Å². The molecule has 6 aromatic rings. The second-order valence-electron chi connectivity index (χ2n) is 11.5. The molecule has 0 fully saturated rings. The van der Waals surface area contributed by atoms with Gasteiger partial charge in [-0.05, 0) is 54.5 Å². The predicted molar refractivity (Wildman–Crippen MR) is 198 cm³/mol. The number of aromatic nitrogens is 2. The highest BCUT2D eigenvalue weighted by Gasteiger charge is 2.35. The Bertz CT molecular complexity index is 2480. The lowest BCUT2D eigenvalue weighted by Gasteiger charge is -2.26. The number of methoxy groups -OCH3 is 2. The molecule has 252 valence electrons. The highest BCUT2D eigenvalue weighted by atomic mass is 35.5. The van der Waals surface area contributed by atoms with Crippen LogP contribution < -0.4 is 24.4 Å². The number of carbonyl (C=O) groups excluding carboxylic acids is 1. The van der Waals surface area contributed by atoms with Crippen LogP contribution in [0.2, 0.25) is 10.0 Å². The normalized spacial score (nSPS) is 14.4. The van der Waals surface area contributed by atoms with E-state index in [9.17, 15) is 9.59 Å². The van der Waals surface area contributed by atoms with E-state index in [1.54, 1.807) is 43.9 Å². The summed E-state index contributed by atoms with van der Waals surface area (Å²) in [4.78, 5) is 33.9. The molecule has 1 atom stereocenters. The Morgan fingerprint density at radius 2 is 1.70 bits per heavy atom. The van der Waals surface area contributed by atoms with Crippen LogP contribution in [0, 0.1) is 0 Å². The van der Waals surface area contributed by atoms with E-state index in [-0.39, 0.29) is 17.7 Å². The molecular formula is C39H31Cl2N3O5S. The number of hydrogen-bond donors (Lipinski definition) is 0. The number of carbonyl (C=O) groups is 1. The number of benzene rings is 4. The van der Waals surface area contributed by atoms with Crippen LogP contribution in [0.4, 0.5) is 0 Å². The van der Waals surface area contributed by atoms with Gasteiger partial charge in [0.25, 0.3) is 5.56 Å². The molecule has 2 aromatic heterocycles. The number of halogens is 2. The van der Waals surface area contributed by atoms with Gasteiger partial charge in [-0.3, -0.25) is 9.36 Å². The number of thiazole rings is 1. The monoisotopic (exact) mass is 723 g/mol. The summed E-state index contributed by atoms with van der Waals surface area (Å²) in [5.41, 5.74) is 4.51. The molecule has 0 saturated carbocycles. The SMILES string of the molecule is CCOC(=O)C1=C(c2ccccc2)N=c2s/c(=C\c3cn(Cc4ccc(Cl)cc4Cl)c4ccccc34)c(=O)n2[C@H]1c1ccc(OC)c(OC)c1. The first kappa shape index (κ1) is 33.4. The molecule has 11 heteroatoms. The van der Waals surface area contributed by atoms with Gasteiger partial charge in [0.2, 0.25) is 0 Å². The van der Waals surface area contributed by atoms with Crippen molar-refractivity contribution in [1.82, 2.24) is 9.13 Å². The van der Waals surface area contributed by atoms with Gasteiger partial charge < -0.3 is 18.8 Å². The molecule has 0 N–H and O–H groups in total. The molecular weight excluding hydrogens is 693 g/mol. The van der Waals surface area contributed by atoms with E-state index in [2.05, 4.69) is 4.57 Å². The van der Waals surface area contributed by atoms with Crippen LogP contribution >= 0.6 is 34.5 Å². The average molecular weight is 725 g/mol. The Morgan fingerprint density at radius 3 is 2.44 bits per heavy atom. The average Bonchev–Trinajstić information content (AvgIpc) is 3.64. The maximum atomic E-state index is 14.6. The number of esters is 1. The van der Waals surface area contributed by atoms with Crippen LogP contribution in [0.3, 0.4) is 0 Å². The van der Waals surface area contributed by atoms with Crippen molar-refractivity contribution < 1.29 is 19.0 Å². The Balaban J connectivity index is 1.46. The van der Waals surface area contributed by atoms with Gasteiger partial charge in [-0.15, -0.1) is 0 Å². The second kappa shape index (κ2) is 14.0. The molecule has 0 unspecified atom stereocenters. The van der Waals surface area contributed by atoms with Gasteiger partial charge in [-0.1, -0.05) is 95.2 Å². The van der Waals surface area contributed by atoms with Crippen LogP contribution in [-0.4, -0.2) is 35.9 Å². The van der Waals surface area contributed by atoms with E-state index in [0.717, 1.165) is 27.6 Å². The Kier molecular flexibility index (Phi) is 9.38. The quantitative estimate of drug-likeness (QED) is 0.147. The summed E-state index contributed by atoms with van der Waals surface area (Å²) in [6.45, 7) is 2.41. The standard InChI is InChI=1S/C39H31Cl2N3O5S/c1-4-49-38(46)34-35(23-10-6-5-7-11-23)42-39-44(36(34)24-15-17-31(47-2)32(18-24)48-3)37(45)33(50-39)19-26-22-43(30-13-9-8-12-28(26)30)21-25-14-16-27(40)20-29(25)41/h5-20,22,36H,4,21H2,1-3H3/b33-19-/t36-/m0/s1. The maximum absolute atomic E-state index is 14.6. The largest absolute Gasteiger partial charge is 0.493 e. The van der Waals surface area contributed by atoms with E-state index in [1.807, 2.05) is 85.1 Å². The molecule has 8 nitrogen and oxygen atoms in total. The number of nitrogens with zero attached hydrogens (tertiary/aromatic N) is 3. The van der Waals surface area contributed by atoms with Gasteiger partial charge in [-0.25, -0.2) is 9.79 Å². The fraction of sp³-hybridized carbons (Fsp3) is 0.154. The summed E-state index contributed by atoms with van der Waals surface area (Å²) in [7, 11) is 3.10. The minimum Gasteiger partial charge on any atom is -0.493 e. The fourth-order valence-corrected chi connectivity index (χ4v) is 7.73. The lowest BCUT2D eigenvalue weighted by atomic mass is 9.93. The first-order valence-corrected chi connectivity index (χ1v) is 17.4. The van der Waals surface area contributed by atoms with Gasteiger partial charge in [0.15, 0.2) is 16.3 Å². The minimum absolute atomic E-state index is 0.152. The third-order valence-electron chi connectivity index (χ3n) is 8.56. The van der Waals surface area contributed by atoms with Gasteiger partial charge in [-0.2, -0.15) is 0 Å². The molecule has 3 heterocycles. The van der Waals surface area contributed by atoms with Crippen LogP contribution in [0.25, 0.3) is 22.7 Å². The number of para-hydroxylation sites is 1. The van der Waals surface area contributed by atoms with E-state index in [1.165, 1.54) is 11.3 Å².